The minimum atomic E-state index is 0.464. The molecule has 138 valence electrons. The molecule has 3 heterocycles. The molecule has 0 saturated carbocycles. The summed E-state index contributed by atoms with van der Waals surface area (Å²) < 4.78 is 5.43. The highest BCUT2D eigenvalue weighted by molar-refractivity contribution is 5.67. The van der Waals surface area contributed by atoms with E-state index >= 15 is 0 Å². The molecule has 0 aliphatic carbocycles. The number of ether oxygens (including phenoxy) is 1. The van der Waals surface area contributed by atoms with Crippen LogP contribution in [0.3, 0.4) is 0 Å². The maximum absolute atomic E-state index is 5.43. The average Bonchev–Trinajstić information content (AvgIpc) is 3.12. The summed E-state index contributed by atoms with van der Waals surface area (Å²) >= 11 is 0. The lowest BCUT2D eigenvalue weighted by atomic mass is 10.2. The first kappa shape index (κ1) is 17.2. The molecule has 0 radical (unpaired) electrons. The lowest BCUT2D eigenvalue weighted by Crippen LogP contribution is -2.37. The van der Waals surface area contributed by atoms with Crippen LogP contribution in [0.5, 0.6) is 0 Å². The van der Waals surface area contributed by atoms with Crippen molar-refractivity contribution in [3.8, 4) is 0 Å². The van der Waals surface area contributed by atoms with Gasteiger partial charge in [-0.3, -0.25) is 5.10 Å². The summed E-state index contributed by atoms with van der Waals surface area (Å²) in [6.45, 7) is 4.79. The maximum Gasteiger partial charge on any atom is 0.233 e. The number of aryl methyl sites for hydroxylation is 1. The molecule has 1 aliphatic heterocycles. The van der Waals surface area contributed by atoms with Crippen LogP contribution in [0.1, 0.15) is 17.1 Å². The third kappa shape index (κ3) is 4.48. The molecule has 8 nitrogen and oxygen atoms in total. The molecular formula is C19H21N7O. The Morgan fingerprint density at radius 2 is 1.89 bits per heavy atom. The van der Waals surface area contributed by atoms with Gasteiger partial charge in [0.1, 0.15) is 0 Å². The lowest BCUT2D eigenvalue weighted by Gasteiger charge is -2.26. The number of aromatic nitrogens is 5. The largest absolute Gasteiger partial charge is 0.378 e. The number of nitrogens with one attached hydrogen (secondary N) is 2. The highest BCUT2D eigenvalue weighted by Gasteiger charge is 2.16. The summed E-state index contributed by atoms with van der Waals surface area (Å²) in [6.07, 6.45) is 3.88. The average molecular weight is 363 g/mol. The predicted octanol–water partition coefficient (Wildman–Crippen LogP) is 2.65. The van der Waals surface area contributed by atoms with Crippen LogP contribution >= 0.6 is 0 Å². The van der Waals surface area contributed by atoms with E-state index in [4.69, 9.17) is 4.74 Å². The molecule has 0 unspecified atom stereocenters. The van der Waals surface area contributed by atoms with Crippen LogP contribution in [0.2, 0.25) is 0 Å². The SMILES string of the molecule is Cc1cc(Nc2nc(/C=C/c3ccccc3)nc(N3CCOCC3)n2)n[nH]1. The molecule has 3 aromatic rings. The highest BCUT2D eigenvalue weighted by Crippen LogP contribution is 2.17. The zero-order valence-corrected chi connectivity index (χ0v) is 15.1. The van der Waals surface area contributed by atoms with Gasteiger partial charge in [0.25, 0.3) is 0 Å². The molecule has 0 bridgehead atoms. The van der Waals surface area contributed by atoms with E-state index in [-0.39, 0.29) is 0 Å². The van der Waals surface area contributed by atoms with E-state index in [0.717, 1.165) is 24.3 Å². The van der Waals surface area contributed by atoms with Crippen LogP contribution in [0.25, 0.3) is 12.2 Å². The van der Waals surface area contributed by atoms with Crippen LogP contribution < -0.4 is 10.2 Å². The molecular weight excluding hydrogens is 342 g/mol. The summed E-state index contributed by atoms with van der Waals surface area (Å²) in [5.74, 6) is 2.36. The summed E-state index contributed by atoms with van der Waals surface area (Å²) in [5, 5.41) is 10.2. The van der Waals surface area contributed by atoms with E-state index in [2.05, 4.69) is 35.4 Å². The van der Waals surface area contributed by atoms with Crippen molar-refractivity contribution < 1.29 is 4.74 Å². The second-order valence-electron chi connectivity index (χ2n) is 6.22. The Balaban J connectivity index is 1.64. The molecule has 1 saturated heterocycles. The molecule has 2 N–H and O–H groups in total. The molecule has 2 aromatic heterocycles. The topological polar surface area (TPSA) is 91.8 Å². The van der Waals surface area contributed by atoms with Gasteiger partial charge in [-0.05, 0) is 18.6 Å². The van der Waals surface area contributed by atoms with Crippen LogP contribution in [-0.4, -0.2) is 51.5 Å². The second-order valence-corrected chi connectivity index (χ2v) is 6.22. The third-order valence-corrected chi connectivity index (χ3v) is 4.11. The summed E-state index contributed by atoms with van der Waals surface area (Å²) in [5.41, 5.74) is 2.05. The van der Waals surface area contributed by atoms with Crippen molar-refractivity contribution in [3.63, 3.8) is 0 Å². The number of morpholine rings is 1. The van der Waals surface area contributed by atoms with Crippen molar-refractivity contribution in [2.75, 3.05) is 36.5 Å². The predicted molar refractivity (Wildman–Crippen MR) is 105 cm³/mol. The van der Waals surface area contributed by atoms with Gasteiger partial charge in [0.05, 0.1) is 13.2 Å². The molecule has 0 atom stereocenters. The van der Waals surface area contributed by atoms with E-state index < -0.39 is 0 Å². The highest BCUT2D eigenvalue weighted by atomic mass is 16.5. The van der Waals surface area contributed by atoms with Gasteiger partial charge in [0.15, 0.2) is 11.6 Å². The van der Waals surface area contributed by atoms with E-state index in [9.17, 15) is 0 Å². The van der Waals surface area contributed by atoms with Crippen molar-refractivity contribution in [3.05, 3.63) is 53.5 Å². The standard InChI is InChI=1S/C19H21N7O/c1-14-13-17(25-24-14)21-18-20-16(8-7-15-5-3-2-4-6-15)22-19(23-18)26-9-11-27-12-10-26/h2-8,13H,9-12H2,1H3,(H2,20,21,22,23,24,25)/b8-7+. The lowest BCUT2D eigenvalue weighted by molar-refractivity contribution is 0.122. The van der Waals surface area contributed by atoms with Gasteiger partial charge < -0.3 is 15.0 Å². The Bertz CT molecular complexity index is 917. The van der Waals surface area contributed by atoms with Crippen molar-refractivity contribution in [1.29, 1.82) is 0 Å². The second kappa shape index (κ2) is 7.96. The molecule has 8 heteroatoms. The minimum Gasteiger partial charge on any atom is -0.378 e. The molecule has 27 heavy (non-hydrogen) atoms. The van der Waals surface area contributed by atoms with Crippen LogP contribution in [-0.2, 0) is 4.74 Å². The zero-order chi connectivity index (χ0) is 18.5. The van der Waals surface area contributed by atoms with Crippen molar-refractivity contribution in [2.24, 2.45) is 0 Å². The van der Waals surface area contributed by atoms with Crippen LogP contribution in [0.4, 0.5) is 17.7 Å². The van der Waals surface area contributed by atoms with Gasteiger partial charge in [-0.25, -0.2) is 0 Å². The maximum atomic E-state index is 5.43. The first-order chi connectivity index (χ1) is 13.3. The molecule has 1 aliphatic rings. The van der Waals surface area contributed by atoms with E-state index in [1.165, 1.54) is 0 Å². The molecule has 1 fully saturated rings. The van der Waals surface area contributed by atoms with Gasteiger partial charge in [-0.15, -0.1) is 0 Å². The number of hydrogen-bond donors (Lipinski definition) is 2. The summed E-state index contributed by atoms with van der Waals surface area (Å²) in [4.78, 5) is 15.8. The fraction of sp³-hybridized carbons (Fsp3) is 0.263. The number of H-pyrrole nitrogens is 1. The van der Waals surface area contributed by atoms with Crippen molar-refractivity contribution in [2.45, 2.75) is 6.92 Å². The number of rotatable bonds is 5. The Labute approximate surface area is 157 Å². The van der Waals surface area contributed by atoms with Crippen molar-refractivity contribution in [1.82, 2.24) is 25.1 Å². The first-order valence-corrected chi connectivity index (χ1v) is 8.87. The first-order valence-electron chi connectivity index (χ1n) is 8.87. The quantitative estimate of drug-likeness (QED) is 0.720. The Kier molecular flexibility index (Phi) is 5.06. The van der Waals surface area contributed by atoms with E-state index in [0.29, 0.717) is 36.8 Å². The fourth-order valence-corrected chi connectivity index (χ4v) is 2.75. The number of aromatic amines is 1. The summed E-state index contributed by atoms with van der Waals surface area (Å²) in [6, 6.07) is 12.0. The third-order valence-electron chi connectivity index (χ3n) is 4.11. The zero-order valence-electron chi connectivity index (χ0n) is 15.1. The van der Waals surface area contributed by atoms with Gasteiger partial charge in [0, 0.05) is 24.8 Å². The number of anilines is 3. The van der Waals surface area contributed by atoms with E-state index in [1.54, 1.807) is 0 Å². The van der Waals surface area contributed by atoms with E-state index in [1.807, 2.05) is 55.5 Å². The monoisotopic (exact) mass is 363 g/mol. The van der Waals surface area contributed by atoms with Crippen LogP contribution in [0.15, 0.2) is 36.4 Å². The minimum absolute atomic E-state index is 0.464. The fourth-order valence-electron chi connectivity index (χ4n) is 2.75. The molecule has 0 spiro atoms. The Hall–Kier alpha value is -3.26. The van der Waals surface area contributed by atoms with Crippen LogP contribution in [0, 0.1) is 6.92 Å². The Morgan fingerprint density at radius 3 is 2.63 bits per heavy atom. The van der Waals surface area contributed by atoms with Gasteiger partial charge in [-0.2, -0.15) is 20.1 Å². The smallest absolute Gasteiger partial charge is 0.233 e. The summed E-state index contributed by atoms with van der Waals surface area (Å²) in [7, 11) is 0. The molecule has 1 aromatic carbocycles. The normalized spacial score (nSPS) is 14.6. The van der Waals surface area contributed by atoms with Gasteiger partial charge in [0.2, 0.25) is 11.9 Å². The van der Waals surface area contributed by atoms with Gasteiger partial charge >= 0.3 is 0 Å². The molecule has 4 rings (SSSR count). The number of benzene rings is 1. The number of nitrogens with zero attached hydrogens (tertiary/aromatic N) is 5. The molecule has 0 amide bonds. The number of hydrogen-bond acceptors (Lipinski definition) is 7. The van der Waals surface area contributed by atoms with Crippen molar-refractivity contribution >= 4 is 29.9 Å². The Morgan fingerprint density at radius 1 is 1.07 bits per heavy atom. The van der Waals surface area contributed by atoms with Gasteiger partial charge in [-0.1, -0.05) is 36.4 Å².